The van der Waals surface area contributed by atoms with Crippen molar-refractivity contribution in [3.8, 4) is 11.5 Å². The Hall–Kier alpha value is -1.96. The lowest BCUT2D eigenvalue weighted by atomic mass is 10.1. The summed E-state index contributed by atoms with van der Waals surface area (Å²) in [5, 5.41) is 9.65. The standard InChI is InChI=1S/C16H21F3N2O3/c1-20(2)8-11-3-4-21(9-11)15(23)12-5-13(22)7-14(6-12)24-10-16(17,18)19/h5-7,11,22H,3-4,8-10H2,1-2H3/t11-/m1/s1. The van der Waals surface area contributed by atoms with Gasteiger partial charge in [-0.25, -0.2) is 0 Å². The molecule has 1 aromatic rings. The molecule has 5 nitrogen and oxygen atoms in total. The first kappa shape index (κ1) is 18.4. The van der Waals surface area contributed by atoms with E-state index in [4.69, 9.17) is 0 Å². The molecule has 8 heteroatoms. The Balaban J connectivity index is 2.05. The second-order valence-electron chi connectivity index (χ2n) is 6.29. The molecular weight excluding hydrogens is 325 g/mol. The molecule has 1 aliphatic rings. The molecule has 0 spiro atoms. The second-order valence-corrected chi connectivity index (χ2v) is 6.29. The molecule has 1 aliphatic heterocycles. The predicted octanol–water partition coefficient (Wildman–Crippen LogP) is 2.36. The molecule has 0 radical (unpaired) electrons. The number of carbonyl (C=O) groups is 1. The fraction of sp³-hybridized carbons (Fsp3) is 0.562. The van der Waals surface area contributed by atoms with Crippen LogP contribution in [0.2, 0.25) is 0 Å². The van der Waals surface area contributed by atoms with Crippen LogP contribution < -0.4 is 4.74 Å². The van der Waals surface area contributed by atoms with Crippen molar-refractivity contribution in [2.45, 2.75) is 12.6 Å². The molecule has 1 N–H and O–H groups in total. The fourth-order valence-electron chi connectivity index (χ4n) is 2.82. The molecular formula is C16H21F3N2O3. The van der Waals surface area contributed by atoms with Crippen LogP contribution in [0.5, 0.6) is 11.5 Å². The molecule has 0 aromatic heterocycles. The van der Waals surface area contributed by atoms with Crippen molar-refractivity contribution in [1.29, 1.82) is 0 Å². The van der Waals surface area contributed by atoms with Crippen molar-refractivity contribution in [2.75, 3.05) is 40.3 Å². The lowest BCUT2D eigenvalue weighted by molar-refractivity contribution is -0.153. The minimum Gasteiger partial charge on any atom is -0.508 e. The van der Waals surface area contributed by atoms with Gasteiger partial charge in [-0.1, -0.05) is 0 Å². The van der Waals surface area contributed by atoms with Crippen LogP contribution in [0.1, 0.15) is 16.8 Å². The average molecular weight is 346 g/mol. The number of nitrogens with zero attached hydrogens (tertiary/aromatic N) is 2. The van der Waals surface area contributed by atoms with E-state index in [0.717, 1.165) is 19.0 Å². The molecule has 0 saturated carbocycles. The first-order chi connectivity index (χ1) is 11.1. The van der Waals surface area contributed by atoms with Crippen LogP contribution >= 0.6 is 0 Å². The smallest absolute Gasteiger partial charge is 0.422 e. The van der Waals surface area contributed by atoms with Gasteiger partial charge in [-0.15, -0.1) is 0 Å². The number of hydrogen-bond acceptors (Lipinski definition) is 4. The van der Waals surface area contributed by atoms with Gasteiger partial charge < -0.3 is 19.6 Å². The molecule has 1 aromatic carbocycles. The van der Waals surface area contributed by atoms with E-state index in [1.807, 2.05) is 14.1 Å². The maximum atomic E-state index is 12.5. The van der Waals surface area contributed by atoms with E-state index in [1.54, 1.807) is 4.90 Å². The van der Waals surface area contributed by atoms with Crippen LogP contribution in [0.4, 0.5) is 13.2 Å². The number of benzene rings is 1. The minimum atomic E-state index is -4.48. The summed E-state index contributed by atoms with van der Waals surface area (Å²) >= 11 is 0. The number of hydrogen-bond donors (Lipinski definition) is 1. The molecule has 1 fully saturated rings. The van der Waals surface area contributed by atoms with Crippen LogP contribution in [0.25, 0.3) is 0 Å². The summed E-state index contributed by atoms with van der Waals surface area (Å²) < 4.78 is 41.3. The van der Waals surface area contributed by atoms with Crippen molar-refractivity contribution < 1.29 is 27.8 Å². The summed E-state index contributed by atoms with van der Waals surface area (Å²) in [6.07, 6.45) is -3.61. The SMILES string of the molecule is CN(C)C[C@H]1CCN(C(=O)c2cc(O)cc(OCC(F)(F)F)c2)C1. The number of phenols is 1. The van der Waals surface area contributed by atoms with Gasteiger partial charge >= 0.3 is 6.18 Å². The van der Waals surface area contributed by atoms with Gasteiger partial charge in [-0.05, 0) is 38.6 Å². The summed E-state index contributed by atoms with van der Waals surface area (Å²) in [5.74, 6) is -0.437. The van der Waals surface area contributed by atoms with Crippen LogP contribution in [-0.2, 0) is 0 Å². The first-order valence-electron chi connectivity index (χ1n) is 7.61. The zero-order valence-corrected chi connectivity index (χ0v) is 13.6. The highest BCUT2D eigenvalue weighted by Crippen LogP contribution is 2.26. The Morgan fingerprint density at radius 1 is 1.38 bits per heavy atom. The molecule has 1 heterocycles. The van der Waals surface area contributed by atoms with Crippen LogP contribution in [0.3, 0.4) is 0 Å². The van der Waals surface area contributed by atoms with Crippen LogP contribution in [0.15, 0.2) is 18.2 Å². The molecule has 1 atom stereocenters. The highest BCUT2D eigenvalue weighted by atomic mass is 19.4. The Morgan fingerprint density at radius 2 is 2.08 bits per heavy atom. The van der Waals surface area contributed by atoms with Gasteiger partial charge in [0.2, 0.25) is 0 Å². The van der Waals surface area contributed by atoms with Crippen molar-refractivity contribution >= 4 is 5.91 Å². The molecule has 24 heavy (non-hydrogen) atoms. The zero-order valence-electron chi connectivity index (χ0n) is 13.6. The highest BCUT2D eigenvalue weighted by Gasteiger charge is 2.30. The summed E-state index contributed by atoms with van der Waals surface area (Å²) in [7, 11) is 3.92. The van der Waals surface area contributed by atoms with Crippen LogP contribution in [-0.4, -0.2) is 67.3 Å². The molecule has 0 bridgehead atoms. The summed E-state index contributed by atoms with van der Waals surface area (Å²) in [4.78, 5) is 16.2. The van der Waals surface area contributed by atoms with Crippen molar-refractivity contribution in [3.05, 3.63) is 23.8 Å². The lowest BCUT2D eigenvalue weighted by Gasteiger charge is -2.19. The largest absolute Gasteiger partial charge is 0.508 e. The van der Waals surface area contributed by atoms with E-state index in [9.17, 15) is 23.1 Å². The third-order valence-corrected chi connectivity index (χ3v) is 3.74. The van der Waals surface area contributed by atoms with Gasteiger partial charge in [0, 0.05) is 31.3 Å². The monoisotopic (exact) mass is 346 g/mol. The van der Waals surface area contributed by atoms with Crippen LogP contribution in [0, 0.1) is 5.92 Å². The lowest BCUT2D eigenvalue weighted by Crippen LogP contribution is -2.30. The van der Waals surface area contributed by atoms with Gasteiger partial charge in [0.25, 0.3) is 5.91 Å². The number of alkyl halides is 3. The topological polar surface area (TPSA) is 53.0 Å². The number of rotatable bonds is 5. The summed E-state index contributed by atoms with van der Waals surface area (Å²) in [6.45, 7) is 0.569. The number of aromatic hydroxyl groups is 1. The molecule has 2 rings (SSSR count). The van der Waals surface area contributed by atoms with E-state index >= 15 is 0 Å². The molecule has 0 aliphatic carbocycles. The van der Waals surface area contributed by atoms with E-state index in [-0.39, 0.29) is 23.0 Å². The normalized spacial score (nSPS) is 18.2. The number of amides is 1. The van der Waals surface area contributed by atoms with E-state index in [1.165, 1.54) is 12.1 Å². The summed E-state index contributed by atoms with van der Waals surface area (Å²) in [5.41, 5.74) is 0.123. The third kappa shape index (κ3) is 5.30. The summed E-state index contributed by atoms with van der Waals surface area (Å²) in [6, 6.07) is 3.52. The molecule has 1 amide bonds. The fourth-order valence-corrected chi connectivity index (χ4v) is 2.82. The van der Waals surface area contributed by atoms with Crippen molar-refractivity contribution in [2.24, 2.45) is 5.92 Å². The maximum Gasteiger partial charge on any atom is 0.422 e. The van der Waals surface area contributed by atoms with Gasteiger partial charge in [-0.3, -0.25) is 4.79 Å². The average Bonchev–Trinajstić information content (AvgIpc) is 2.90. The van der Waals surface area contributed by atoms with E-state index in [0.29, 0.717) is 19.0 Å². The highest BCUT2D eigenvalue weighted by molar-refractivity contribution is 5.95. The number of carbonyl (C=O) groups excluding carboxylic acids is 1. The Morgan fingerprint density at radius 3 is 2.71 bits per heavy atom. The Bertz CT molecular complexity index is 590. The number of phenolic OH excluding ortho intramolecular Hbond substituents is 1. The van der Waals surface area contributed by atoms with E-state index < -0.39 is 12.8 Å². The molecule has 134 valence electrons. The van der Waals surface area contributed by atoms with Gasteiger partial charge in [0.1, 0.15) is 11.5 Å². The third-order valence-electron chi connectivity index (χ3n) is 3.74. The predicted molar refractivity (Wildman–Crippen MR) is 82.2 cm³/mol. The number of likely N-dealkylation sites (tertiary alicyclic amines) is 1. The zero-order chi connectivity index (χ0) is 17.9. The van der Waals surface area contributed by atoms with Gasteiger partial charge in [-0.2, -0.15) is 13.2 Å². The van der Waals surface area contributed by atoms with Gasteiger partial charge in [0.15, 0.2) is 6.61 Å². The Labute approximate surface area is 138 Å². The van der Waals surface area contributed by atoms with E-state index in [2.05, 4.69) is 9.64 Å². The van der Waals surface area contributed by atoms with Crippen molar-refractivity contribution in [3.63, 3.8) is 0 Å². The number of halogens is 3. The molecule has 0 unspecified atom stereocenters. The quantitative estimate of drug-likeness (QED) is 0.889. The minimum absolute atomic E-state index is 0.123. The second kappa shape index (κ2) is 7.29. The van der Waals surface area contributed by atoms with Gasteiger partial charge in [0.05, 0.1) is 0 Å². The number of ether oxygens (including phenoxy) is 1. The Kier molecular flexibility index (Phi) is 5.58. The molecule has 1 saturated heterocycles. The van der Waals surface area contributed by atoms with Crippen molar-refractivity contribution in [1.82, 2.24) is 9.80 Å². The first-order valence-corrected chi connectivity index (χ1v) is 7.61. The maximum absolute atomic E-state index is 12.5.